The molecular weight excluding hydrogens is 340 g/mol. The fourth-order valence-corrected chi connectivity index (χ4v) is 2.32. The number of anilines is 1. The van der Waals surface area contributed by atoms with Crippen LogP contribution in [-0.4, -0.2) is 16.1 Å². The molecule has 7 heteroatoms. The second kappa shape index (κ2) is 6.36. The smallest absolute Gasteiger partial charge is 0.412 e. The molecular formula is C14H11BrN2O4. The number of nitro benzene ring substituents is 1. The lowest BCUT2D eigenvalue weighted by Crippen LogP contribution is -2.28. The van der Waals surface area contributed by atoms with Crippen LogP contribution < -0.4 is 4.90 Å². The van der Waals surface area contributed by atoms with Gasteiger partial charge in [-0.05, 0) is 11.6 Å². The molecule has 0 bridgehead atoms. The number of carboxylic acid groups (broad SMARTS) is 1. The van der Waals surface area contributed by atoms with Gasteiger partial charge in [0.05, 0.1) is 17.2 Å². The molecule has 2 aromatic rings. The molecule has 0 heterocycles. The Kier molecular flexibility index (Phi) is 4.54. The normalized spacial score (nSPS) is 10.1. The van der Waals surface area contributed by atoms with E-state index in [1.165, 1.54) is 18.2 Å². The maximum absolute atomic E-state index is 11.4. The minimum atomic E-state index is -1.17. The Bertz CT molecular complexity index is 676. The van der Waals surface area contributed by atoms with E-state index in [0.29, 0.717) is 4.47 Å². The van der Waals surface area contributed by atoms with Crippen LogP contribution in [0.1, 0.15) is 5.56 Å². The highest BCUT2D eigenvalue weighted by molar-refractivity contribution is 9.10. The minimum absolute atomic E-state index is 0.115. The number of carbonyl (C=O) groups is 1. The third kappa shape index (κ3) is 3.79. The summed E-state index contributed by atoms with van der Waals surface area (Å²) in [6.07, 6.45) is -1.17. The molecule has 6 nitrogen and oxygen atoms in total. The van der Waals surface area contributed by atoms with E-state index in [0.717, 1.165) is 10.5 Å². The number of amides is 1. The van der Waals surface area contributed by atoms with Crippen molar-refractivity contribution < 1.29 is 14.8 Å². The molecule has 0 spiro atoms. The van der Waals surface area contributed by atoms with Gasteiger partial charge in [0.25, 0.3) is 5.69 Å². The third-order valence-corrected chi connectivity index (χ3v) is 3.26. The van der Waals surface area contributed by atoms with E-state index in [1.807, 2.05) is 6.07 Å². The molecule has 0 aliphatic carbocycles. The molecule has 0 fully saturated rings. The van der Waals surface area contributed by atoms with E-state index in [-0.39, 0.29) is 17.9 Å². The van der Waals surface area contributed by atoms with E-state index >= 15 is 0 Å². The predicted octanol–water partition coefficient (Wildman–Crippen LogP) is 4.04. The average Bonchev–Trinajstić information content (AvgIpc) is 2.44. The molecule has 1 N–H and O–H groups in total. The summed E-state index contributed by atoms with van der Waals surface area (Å²) in [5.41, 5.74) is 0.869. The van der Waals surface area contributed by atoms with Crippen LogP contribution in [0.5, 0.6) is 0 Å². The van der Waals surface area contributed by atoms with Crippen LogP contribution in [0.25, 0.3) is 0 Å². The van der Waals surface area contributed by atoms with Crippen molar-refractivity contribution >= 4 is 33.4 Å². The van der Waals surface area contributed by atoms with Gasteiger partial charge in [-0.1, -0.05) is 46.3 Å². The quantitative estimate of drug-likeness (QED) is 0.666. The third-order valence-electron chi connectivity index (χ3n) is 2.80. The summed E-state index contributed by atoms with van der Waals surface area (Å²) in [5.74, 6) is 0. The Morgan fingerprint density at radius 1 is 1.24 bits per heavy atom. The van der Waals surface area contributed by atoms with Crippen LogP contribution in [0.2, 0.25) is 0 Å². The van der Waals surface area contributed by atoms with Crippen molar-refractivity contribution in [1.82, 2.24) is 0 Å². The van der Waals surface area contributed by atoms with Gasteiger partial charge in [0.15, 0.2) is 0 Å². The summed E-state index contributed by atoms with van der Waals surface area (Å²) >= 11 is 3.16. The van der Waals surface area contributed by atoms with Crippen molar-refractivity contribution in [3.05, 3.63) is 68.7 Å². The molecule has 2 rings (SSSR count). The molecule has 0 aromatic heterocycles. The maximum atomic E-state index is 11.4. The highest BCUT2D eigenvalue weighted by Gasteiger charge is 2.19. The van der Waals surface area contributed by atoms with Gasteiger partial charge in [-0.15, -0.1) is 0 Å². The number of nitrogens with zero attached hydrogens (tertiary/aromatic N) is 2. The molecule has 2 aromatic carbocycles. The van der Waals surface area contributed by atoms with Crippen LogP contribution in [0.4, 0.5) is 16.2 Å². The molecule has 108 valence electrons. The zero-order valence-corrected chi connectivity index (χ0v) is 12.4. The molecule has 0 saturated heterocycles. The number of benzene rings is 2. The van der Waals surface area contributed by atoms with E-state index < -0.39 is 11.0 Å². The monoisotopic (exact) mass is 350 g/mol. The van der Waals surface area contributed by atoms with Crippen molar-refractivity contribution in [2.24, 2.45) is 0 Å². The molecule has 0 saturated carbocycles. The lowest BCUT2D eigenvalue weighted by atomic mass is 10.2. The van der Waals surface area contributed by atoms with Crippen molar-refractivity contribution in [2.75, 3.05) is 4.90 Å². The van der Waals surface area contributed by atoms with Crippen LogP contribution in [-0.2, 0) is 6.54 Å². The summed E-state index contributed by atoms with van der Waals surface area (Å²) in [5, 5.41) is 20.2. The summed E-state index contributed by atoms with van der Waals surface area (Å²) in [7, 11) is 0. The van der Waals surface area contributed by atoms with Gasteiger partial charge >= 0.3 is 6.09 Å². The zero-order chi connectivity index (χ0) is 15.4. The Morgan fingerprint density at radius 2 is 1.90 bits per heavy atom. The van der Waals surface area contributed by atoms with Gasteiger partial charge in [-0.2, -0.15) is 0 Å². The second-order valence-electron chi connectivity index (χ2n) is 4.28. The number of hydrogen-bond donors (Lipinski definition) is 1. The Labute approximate surface area is 128 Å². The lowest BCUT2D eigenvalue weighted by Gasteiger charge is -2.19. The van der Waals surface area contributed by atoms with Crippen molar-refractivity contribution in [3.63, 3.8) is 0 Å². The van der Waals surface area contributed by atoms with Crippen molar-refractivity contribution in [3.8, 4) is 0 Å². The summed E-state index contributed by atoms with van der Waals surface area (Å²) in [6.45, 7) is 0.115. The molecule has 0 unspecified atom stereocenters. The van der Waals surface area contributed by atoms with Gasteiger partial charge in [0.1, 0.15) is 0 Å². The maximum Gasteiger partial charge on any atom is 0.412 e. The van der Waals surface area contributed by atoms with E-state index in [1.54, 1.807) is 24.3 Å². The zero-order valence-electron chi connectivity index (χ0n) is 10.8. The molecule has 0 radical (unpaired) electrons. The lowest BCUT2D eigenvalue weighted by molar-refractivity contribution is -0.384. The highest BCUT2D eigenvalue weighted by atomic mass is 79.9. The fourth-order valence-electron chi connectivity index (χ4n) is 1.86. The highest BCUT2D eigenvalue weighted by Crippen LogP contribution is 2.28. The van der Waals surface area contributed by atoms with Crippen LogP contribution in [0.15, 0.2) is 53.0 Å². The average molecular weight is 351 g/mol. The number of nitro groups is 1. The van der Waals surface area contributed by atoms with Gasteiger partial charge in [-0.3, -0.25) is 15.0 Å². The number of rotatable bonds is 4. The molecule has 21 heavy (non-hydrogen) atoms. The first-order valence-electron chi connectivity index (χ1n) is 5.97. The van der Waals surface area contributed by atoms with Crippen LogP contribution >= 0.6 is 15.9 Å². The summed E-state index contributed by atoms with van der Waals surface area (Å²) in [4.78, 5) is 22.8. The summed E-state index contributed by atoms with van der Waals surface area (Å²) < 4.78 is 0.450. The Morgan fingerprint density at radius 3 is 2.48 bits per heavy atom. The first-order chi connectivity index (χ1) is 9.97. The van der Waals surface area contributed by atoms with Gasteiger partial charge in [0, 0.05) is 16.6 Å². The Balaban J connectivity index is 2.39. The van der Waals surface area contributed by atoms with Gasteiger partial charge < -0.3 is 5.11 Å². The summed E-state index contributed by atoms with van der Waals surface area (Å²) in [6, 6.07) is 13.1. The number of hydrogen-bond acceptors (Lipinski definition) is 3. The number of halogens is 1. The topological polar surface area (TPSA) is 83.7 Å². The van der Waals surface area contributed by atoms with E-state index in [4.69, 9.17) is 0 Å². The SMILES string of the molecule is O=C(O)N(Cc1ccccc1)c1cc(Br)cc([N+](=O)[O-])c1. The van der Waals surface area contributed by atoms with Crippen molar-refractivity contribution in [2.45, 2.75) is 6.54 Å². The van der Waals surface area contributed by atoms with E-state index in [9.17, 15) is 20.0 Å². The fraction of sp³-hybridized carbons (Fsp3) is 0.0714. The first-order valence-corrected chi connectivity index (χ1v) is 6.76. The number of non-ortho nitro benzene ring substituents is 1. The van der Waals surface area contributed by atoms with Crippen molar-refractivity contribution in [1.29, 1.82) is 0 Å². The molecule has 0 atom stereocenters. The van der Waals surface area contributed by atoms with Crippen LogP contribution in [0, 0.1) is 10.1 Å². The predicted molar refractivity (Wildman–Crippen MR) is 81.4 cm³/mol. The Hall–Kier alpha value is -2.41. The van der Waals surface area contributed by atoms with Gasteiger partial charge in [-0.25, -0.2) is 4.79 Å². The standard InChI is InChI=1S/C14H11BrN2O4/c15-11-6-12(8-13(7-11)17(20)21)16(14(18)19)9-10-4-2-1-3-5-10/h1-8H,9H2,(H,18,19). The van der Waals surface area contributed by atoms with Gasteiger partial charge in [0.2, 0.25) is 0 Å². The molecule has 0 aliphatic heterocycles. The largest absolute Gasteiger partial charge is 0.465 e. The van der Waals surface area contributed by atoms with Crippen LogP contribution in [0.3, 0.4) is 0 Å². The first kappa shape index (κ1) is 15.0. The molecule has 0 aliphatic rings. The molecule has 1 amide bonds. The second-order valence-corrected chi connectivity index (χ2v) is 5.19. The van der Waals surface area contributed by atoms with E-state index in [2.05, 4.69) is 15.9 Å². The minimum Gasteiger partial charge on any atom is -0.465 e.